The molecule has 2 aromatic carbocycles. The van der Waals surface area contributed by atoms with Gasteiger partial charge in [-0.1, -0.05) is 24.3 Å². The van der Waals surface area contributed by atoms with Crippen LogP contribution in [-0.4, -0.2) is 18.3 Å². The number of nitrogens with zero attached hydrogens (tertiary/aromatic N) is 1. The van der Waals surface area contributed by atoms with Gasteiger partial charge in [-0.05, 0) is 56.9 Å². The van der Waals surface area contributed by atoms with Gasteiger partial charge in [0.1, 0.15) is 6.61 Å². The smallest absolute Gasteiger partial charge is 0.486 e. The van der Waals surface area contributed by atoms with Crippen molar-refractivity contribution in [1.29, 1.82) is 5.26 Å². The van der Waals surface area contributed by atoms with E-state index in [9.17, 15) is 4.39 Å². The predicted octanol–water partition coefficient (Wildman–Crippen LogP) is 3.58. The number of rotatable bonds is 4. The van der Waals surface area contributed by atoms with Crippen molar-refractivity contribution in [2.24, 2.45) is 0 Å². The third-order valence-corrected chi connectivity index (χ3v) is 5.01. The molecule has 0 aromatic heterocycles. The molecule has 0 amide bonds. The Balaban J connectivity index is 1.80. The highest BCUT2D eigenvalue weighted by Gasteiger charge is 2.52. The second kappa shape index (κ2) is 6.75. The van der Waals surface area contributed by atoms with Crippen LogP contribution in [0.3, 0.4) is 0 Å². The number of hydrogen-bond acceptors (Lipinski definition) is 4. The van der Waals surface area contributed by atoms with E-state index >= 15 is 0 Å². The predicted molar refractivity (Wildman–Crippen MR) is 97.6 cm³/mol. The van der Waals surface area contributed by atoms with E-state index < -0.39 is 24.1 Å². The minimum absolute atomic E-state index is 0.104. The Kier molecular flexibility index (Phi) is 4.79. The Hall–Kier alpha value is -2.36. The van der Waals surface area contributed by atoms with Gasteiger partial charge in [0.05, 0.1) is 22.8 Å². The maximum Gasteiger partial charge on any atom is 0.495 e. The zero-order valence-corrected chi connectivity index (χ0v) is 15.4. The lowest BCUT2D eigenvalue weighted by Gasteiger charge is -2.32. The highest BCUT2D eigenvalue weighted by molar-refractivity contribution is 6.62. The molecule has 1 heterocycles. The van der Waals surface area contributed by atoms with E-state index in [1.807, 2.05) is 58.0 Å². The molecule has 134 valence electrons. The Morgan fingerprint density at radius 1 is 1.08 bits per heavy atom. The van der Waals surface area contributed by atoms with Crippen LogP contribution in [0.5, 0.6) is 5.75 Å². The van der Waals surface area contributed by atoms with Gasteiger partial charge in [0, 0.05) is 0 Å². The average Bonchev–Trinajstić information content (AvgIpc) is 2.81. The van der Waals surface area contributed by atoms with Gasteiger partial charge in [-0.2, -0.15) is 5.26 Å². The SMILES string of the molecule is CC1(C)OB(c2ccccc2COc2ccc(C#N)cc2F)OC1(C)C. The highest BCUT2D eigenvalue weighted by atomic mass is 19.1. The molecule has 0 N–H and O–H groups in total. The molecule has 2 aromatic rings. The average molecular weight is 353 g/mol. The lowest BCUT2D eigenvalue weighted by molar-refractivity contribution is 0.00578. The quantitative estimate of drug-likeness (QED) is 0.789. The topological polar surface area (TPSA) is 51.5 Å². The van der Waals surface area contributed by atoms with Gasteiger partial charge in [0.2, 0.25) is 0 Å². The molecule has 0 aliphatic carbocycles. The molecule has 26 heavy (non-hydrogen) atoms. The maximum atomic E-state index is 14.0. The first-order valence-electron chi connectivity index (χ1n) is 8.49. The zero-order valence-electron chi connectivity index (χ0n) is 15.4. The van der Waals surface area contributed by atoms with Crippen LogP contribution in [0.4, 0.5) is 4.39 Å². The van der Waals surface area contributed by atoms with Gasteiger partial charge in [0.25, 0.3) is 0 Å². The summed E-state index contributed by atoms with van der Waals surface area (Å²) in [5, 5.41) is 8.82. The molecule has 1 fully saturated rings. The van der Waals surface area contributed by atoms with Crippen LogP contribution in [0.15, 0.2) is 42.5 Å². The summed E-state index contributed by atoms with van der Waals surface area (Å²) in [5.41, 5.74) is 1.10. The summed E-state index contributed by atoms with van der Waals surface area (Å²) in [6.45, 7) is 8.16. The van der Waals surface area contributed by atoms with Crippen molar-refractivity contribution in [2.45, 2.75) is 45.5 Å². The van der Waals surface area contributed by atoms with Gasteiger partial charge < -0.3 is 14.0 Å². The fourth-order valence-corrected chi connectivity index (χ4v) is 2.71. The van der Waals surface area contributed by atoms with Crippen molar-refractivity contribution in [2.75, 3.05) is 0 Å². The summed E-state index contributed by atoms with van der Waals surface area (Å²) >= 11 is 0. The third kappa shape index (κ3) is 3.46. The largest absolute Gasteiger partial charge is 0.495 e. The first-order chi connectivity index (χ1) is 12.2. The molecule has 0 atom stereocenters. The molecule has 0 unspecified atom stereocenters. The van der Waals surface area contributed by atoms with E-state index in [0.29, 0.717) is 0 Å². The van der Waals surface area contributed by atoms with E-state index in [1.165, 1.54) is 12.1 Å². The van der Waals surface area contributed by atoms with E-state index in [0.717, 1.165) is 17.1 Å². The standard InChI is InChI=1S/C20H21BFNO3/c1-19(2)20(3,4)26-21(25-19)16-8-6-5-7-15(16)13-24-18-10-9-14(12-23)11-17(18)22/h5-11H,13H2,1-4H3. The molecule has 0 saturated carbocycles. The lowest BCUT2D eigenvalue weighted by Crippen LogP contribution is -2.41. The zero-order chi connectivity index (χ0) is 18.9. The van der Waals surface area contributed by atoms with Crippen molar-refractivity contribution in [3.8, 4) is 11.8 Å². The van der Waals surface area contributed by atoms with Crippen molar-refractivity contribution in [3.63, 3.8) is 0 Å². The van der Waals surface area contributed by atoms with E-state index in [-0.39, 0.29) is 17.9 Å². The molecule has 4 nitrogen and oxygen atoms in total. The number of halogens is 1. The molecule has 6 heteroatoms. The summed E-state index contributed by atoms with van der Waals surface area (Å²) in [7, 11) is -0.509. The molecule has 0 spiro atoms. The number of ether oxygens (including phenoxy) is 1. The Labute approximate surface area is 153 Å². The molecular formula is C20H21BFNO3. The summed E-state index contributed by atoms with van der Waals surface area (Å²) in [6, 6.07) is 13.7. The van der Waals surface area contributed by atoms with Gasteiger partial charge in [0.15, 0.2) is 11.6 Å². The van der Waals surface area contributed by atoms with E-state index in [4.69, 9.17) is 19.3 Å². The van der Waals surface area contributed by atoms with Crippen LogP contribution < -0.4 is 10.2 Å². The summed E-state index contributed by atoms with van der Waals surface area (Å²) in [5.74, 6) is -0.454. The first-order valence-corrected chi connectivity index (χ1v) is 8.49. The van der Waals surface area contributed by atoms with Gasteiger partial charge in [-0.15, -0.1) is 0 Å². The lowest BCUT2D eigenvalue weighted by atomic mass is 9.76. The van der Waals surface area contributed by atoms with Crippen molar-refractivity contribution < 1.29 is 18.4 Å². The van der Waals surface area contributed by atoms with Crippen molar-refractivity contribution in [3.05, 3.63) is 59.4 Å². The van der Waals surface area contributed by atoms with Gasteiger partial charge in [-0.3, -0.25) is 0 Å². The minimum atomic E-state index is -0.558. The summed E-state index contributed by atoms with van der Waals surface area (Å²) in [6.07, 6.45) is 0. The summed E-state index contributed by atoms with van der Waals surface area (Å²) < 4.78 is 31.9. The van der Waals surface area contributed by atoms with Gasteiger partial charge in [-0.25, -0.2) is 4.39 Å². The monoisotopic (exact) mass is 353 g/mol. The fourth-order valence-electron chi connectivity index (χ4n) is 2.71. The van der Waals surface area contributed by atoms with Crippen LogP contribution in [0.2, 0.25) is 0 Å². The number of nitriles is 1. The molecular weight excluding hydrogens is 332 g/mol. The maximum absolute atomic E-state index is 14.0. The minimum Gasteiger partial charge on any atom is -0.486 e. The molecule has 1 aliphatic heterocycles. The Morgan fingerprint density at radius 3 is 2.35 bits per heavy atom. The number of benzene rings is 2. The van der Waals surface area contributed by atoms with Crippen LogP contribution in [0.25, 0.3) is 0 Å². The molecule has 1 saturated heterocycles. The van der Waals surface area contributed by atoms with Gasteiger partial charge >= 0.3 is 7.12 Å². The Morgan fingerprint density at radius 2 is 1.73 bits per heavy atom. The molecule has 0 radical (unpaired) electrons. The second-order valence-electron chi connectivity index (χ2n) is 7.33. The first kappa shape index (κ1) is 18.4. The fraction of sp³-hybridized carbons (Fsp3) is 0.350. The summed E-state index contributed by atoms with van der Waals surface area (Å²) in [4.78, 5) is 0. The van der Waals surface area contributed by atoms with Crippen LogP contribution in [0, 0.1) is 17.1 Å². The van der Waals surface area contributed by atoms with Crippen LogP contribution >= 0.6 is 0 Å². The normalized spacial score (nSPS) is 17.8. The molecule has 0 bridgehead atoms. The second-order valence-corrected chi connectivity index (χ2v) is 7.33. The van der Waals surface area contributed by atoms with Crippen molar-refractivity contribution in [1.82, 2.24) is 0 Å². The number of hydrogen-bond donors (Lipinski definition) is 0. The Bertz CT molecular complexity index is 844. The van der Waals surface area contributed by atoms with Crippen LogP contribution in [0.1, 0.15) is 38.8 Å². The molecule has 3 rings (SSSR count). The van der Waals surface area contributed by atoms with Crippen LogP contribution in [-0.2, 0) is 15.9 Å². The third-order valence-electron chi connectivity index (χ3n) is 5.01. The van der Waals surface area contributed by atoms with E-state index in [2.05, 4.69) is 0 Å². The molecule has 1 aliphatic rings. The highest BCUT2D eigenvalue weighted by Crippen LogP contribution is 2.36. The van der Waals surface area contributed by atoms with Crippen molar-refractivity contribution >= 4 is 12.6 Å². The van der Waals surface area contributed by atoms with E-state index in [1.54, 1.807) is 0 Å².